The summed E-state index contributed by atoms with van der Waals surface area (Å²) >= 11 is 0. The van der Waals surface area contributed by atoms with Crippen molar-refractivity contribution in [3.8, 4) is 0 Å². The van der Waals surface area contributed by atoms with Crippen LogP contribution < -0.4 is 10.6 Å². The number of nitrogens with one attached hydrogen (secondary N) is 2. The minimum Gasteiger partial charge on any atom is -0.341 e. The first-order chi connectivity index (χ1) is 10.5. The van der Waals surface area contributed by atoms with E-state index in [4.69, 9.17) is 0 Å². The number of halogens is 2. The van der Waals surface area contributed by atoms with Crippen LogP contribution in [0.1, 0.15) is 18.5 Å². The summed E-state index contributed by atoms with van der Waals surface area (Å²) in [6.45, 7) is 1.72. The Morgan fingerprint density at radius 3 is 2.32 bits per heavy atom. The van der Waals surface area contributed by atoms with Gasteiger partial charge in [-0.15, -0.1) is 0 Å². The molecule has 2 aromatic carbocycles. The summed E-state index contributed by atoms with van der Waals surface area (Å²) in [5.74, 6) is -3.64. The monoisotopic (exact) mass is 304 g/mol. The molecule has 0 saturated heterocycles. The Morgan fingerprint density at radius 2 is 1.68 bits per heavy atom. The lowest BCUT2D eigenvalue weighted by Crippen LogP contribution is -2.37. The Balaban J connectivity index is 1.99. The highest BCUT2D eigenvalue weighted by Crippen LogP contribution is 2.15. The summed E-state index contributed by atoms with van der Waals surface area (Å²) in [5, 5.41) is 4.60. The van der Waals surface area contributed by atoms with Crippen LogP contribution in [0.5, 0.6) is 0 Å². The van der Waals surface area contributed by atoms with Gasteiger partial charge in [-0.2, -0.15) is 0 Å². The van der Waals surface area contributed by atoms with E-state index >= 15 is 0 Å². The molecule has 2 rings (SSSR count). The second-order valence-electron chi connectivity index (χ2n) is 4.68. The molecule has 0 aromatic heterocycles. The number of anilines is 1. The Labute approximate surface area is 126 Å². The number of hydrogen-bond acceptors (Lipinski definition) is 2. The zero-order chi connectivity index (χ0) is 16.1. The molecule has 2 aromatic rings. The largest absolute Gasteiger partial charge is 0.341 e. The van der Waals surface area contributed by atoms with Gasteiger partial charge in [-0.25, -0.2) is 8.78 Å². The predicted molar refractivity (Wildman–Crippen MR) is 78.0 cm³/mol. The first kappa shape index (κ1) is 15.6. The van der Waals surface area contributed by atoms with Crippen molar-refractivity contribution < 1.29 is 18.4 Å². The summed E-state index contributed by atoms with van der Waals surface area (Å²) < 4.78 is 26.2. The van der Waals surface area contributed by atoms with Crippen molar-refractivity contribution in [3.05, 3.63) is 65.7 Å². The molecule has 0 heterocycles. The van der Waals surface area contributed by atoms with Gasteiger partial charge in [-0.3, -0.25) is 9.59 Å². The van der Waals surface area contributed by atoms with E-state index in [1.165, 1.54) is 0 Å². The number of carbonyl (C=O) groups excluding carboxylic acids is 2. The lowest BCUT2D eigenvalue weighted by molar-refractivity contribution is -0.136. The molecule has 2 N–H and O–H groups in total. The molecule has 0 saturated carbocycles. The molecular formula is C16H14F2N2O2. The molecule has 0 fully saturated rings. The lowest BCUT2D eigenvalue weighted by Gasteiger charge is -2.14. The fourth-order valence-corrected chi connectivity index (χ4v) is 1.86. The standard InChI is InChI=1S/C16H14F2N2O2/c1-10(11-5-3-2-4-6-11)19-15(21)16(22)20-14-8-7-12(17)9-13(14)18/h2-10H,1H3,(H,19,21)(H,20,22)/t10-/m0/s1. The molecule has 0 aliphatic rings. The second-order valence-corrected chi connectivity index (χ2v) is 4.68. The maximum Gasteiger partial charge on any atom is 0.313 e. The average molecular weight is 304 g/mol. The molecule has 2 amide bonds. The molecule has 0 unspecified atom stereocenters. The van der Waals surface area contributed by atoms with Crippen molar-refractivity contribution >= 4 is 17.5 Å². The summed E-state index contributed by atoms with van der Waals surface area (Å²) in [6.07, 6.45) is 0. The summed E-state index contributed by atoms with van der Waals surface area (Å²) in [5.41, 5.74) is 0.575. The highest BCUT2D eigenvalue weighted by Gasteiger charge is 2.18. The third-order valence-corrected chi connectivity index (χ3v) is 3.03. The minimum atomic E-state index is -1.02. The molecule has 6 heteroatoms. The van der Waals surface area contributed by atoms with Crippen LogP contribution in [0.25, 0.3) is 0 Å². The summed E-state index contributed by atoms with van der Waals surface area (Å²) in [7, 11) is 0. The van der Waals surface area contributed by atoms with Crippen molar-refractivity contribution in [2.45, 2.75) is 13.0 Å². The number of benzene rings is 2. The van der Waals surface area contributed by atoms with Crippen LogP contribution in [0.3, 0.4) is 0 Å². The fourth-order valence-electron chi connectivity index (χ4n) is 1.86. The maximum absolute atomic E-state index is 13.4. The van der Waals surface area contributed by atoms with Crippen molar-refractivity contribution in [2.75, 3.05) is 5.32 Å². The van der Waals surface area contributed by atoms with Crippen molar-refractivity contribution in [3.63, 3.8) is 0 Å². The molecule has 22 heavy (non-hydrogen) atoms. The smallest absolute Gasteiger partial charge is 0.313 e. The van der Waals surface area contributed by atoms with E-state index in [1.807, 2.05) is 30.3 Å². The van der Waals surface area contributed by atoms with E-state index in [2.05, 4.69) is 10.6 Å². The van der Waals surface area contributed by atoms with E-state index in [-0.39, 0.29) is 11.7 Å². The van der Waals surface area contributed by atoms with Crippen LogP contribution in [0.2, 0.25) is 0 Å². The Morgan fingerprint density at radius 1 is 1.00 bits per heavy atom. The number of amides is 2. The molecule has 0 radical (unpaired) electrons. The number of carbonyl (C=O) groups is 2. The van der Waals surface area contributed by atoms with Gasteiger partial charge in [-0.1, -0.05) is 30.3 Å². The third kappa shape index (κ3) is 3.88. The minimum absolute atomic E-state index is 0.256. The molecule has 1 atom stereocenters. The molecule has 114 valence electrons. The maximum atomic E-state index is 13.4. The third-order valence-electron chi connectivity index (χ3n) is 3.03. The highest BCUT2D eigenvalue weighted by atomic mass is 19.1. The van der Waals surface area contributed by atoms with Crippen LogP contribution in [-0.2, 0) is 9.59 Å². The Bertz CT molecular complexity index is 690. The van der Waals surface area contributed by atoms with Gasteiger partial charge in [0.2, 0.25) is 0 Å². The predicted octanol–water partition coefficient (Wildman–Crippen LogP) is 2.78. The second kappa shape index (κ2) is 6.80. The van der Waals surface area contributed by atoms with Gasteiger partial charge < -0.3 is 10.6 Å². The summed E-state index contributed by atoms with van der Waals surface area (Å²) in [6, 6.07) is 11.4. The number of rotatable bonds is 3. The first-order valence-electron chi connectivity index (χ1n) is 6.59. The Hall–Kier alpha value is -2.76. The van der Waals surface area contributed by atoms with E-state index < -0.39 is 23.4 Å². The van der Waals surface area contributed by atoms with Crippen LogP contribution in [0, 0.1) is 11.6 Å². The highest BCUT2D eigenvalue weighted by molar-refractivity contribution is 6.39. The average Bonchev–Trinajstić information content (AvgIpc) is 2.50. The van der Waals surface area contributed by atoms with Crippen molar-refractivity contribution in [1.29, 1.82) is 0 Å². The molecule has 0 spiro atoms. The molecule has 0 bridgehead atoms. The SMILES string of the molecule is C[C@H](NC(=O)C(=O)Nc1ccc(F)cc1F)c1ccccc1. The zero-order valence-corrected chi connectivity index (χ0v) is 11.8. The molecule has 0 aliphatic carbocycles. The van der Waals surface area contributed by atoms with Crippen LogP contribution in [0.4, 0.5) is 14.5 Å². The van der Waals surface area contributed by atoms with E-state index in [9.17, 15) is 18.4 Å². The van der Waals surface area contributed by atoms with Gasteiger partial charge in [0.05, 0.1) is 11.7 Å². The van der Waals surface area contributed by atoms with Gasteiger partial charge >= 0.3 is 11.8 Å². The van der Waals surface area contributed by atoms with Crippen LogP contribution in [0.15, 0.2) is 48.5 Å². The van der Waals surface area contributed by atoms with E-state index in [0.29, 0.717) is 6.07 Å². The van der Waals surface area contributed by atoms with Gasteiger partial charge in [0.15, 0.2) is 0 Å². The fraction of sp³-hybridized carbons (Fsp3) is 0.125. The normalized spacial score (nSPS) is 11.6. The Kier molecular flexibility index (Phi) is 4.83. The molecule has 4 nitrogen and oxygen atoms in total. The van der Waals surface area contributed by atoms with Crippen molar-refractivity contribution in [1.82, 2.24) is 5.32 Å². The van der Waals surface area contributed by atoms with Gasteiger partial charge in [0.25, 0.3) is 0 Å². The molecular weight excluding hydrogens is 290 g/mol. The van der Waals surface area contributed by atoms with Gasteiger partial charge in [0.1, 0.15) is 11.6 Å². The first-order valence-corrected chi connectivity index (χ1v) is 6.59. The van der Waals surface area contributed by atoms with E-state index in [0.717, 1.165) is 17.7 Å². The van der Waals surface area contributed by atoms with Crippen LogP contribution in [-0.4, -0.2) is 11.8 Å². The topological polar surface area (TPSA) is 58.2 Å². The quantitative estimate of drug-likeness (QED) is 0.857. The van der Waals surface area contributed by atoms with Gasteiger partial charge in [-0.05, 0) is 24.6 Å². The number of hydrogen-bond donors (Lipinski definition) is 2. The summed E-state index contributed by atoms with van der Waals surface area (Å²) in [4.78, 5) is 23.5. The van der Waals surface area contributed by atoms with Crippen LogP contribution >= 0.6 is 0 Å². The lowest BCUT2D eigenvalue weighted by atomic mass is 10.1. The molecule has 0 aliphatic heterocycles. The van der Waals surface area contributed by atoms with Crippen molar-refractivity contribution in [2.24, 2.45) is 0 Å². The van der Waals surface area contributed by atoms with Gasteiger partial charge in [0, 0.05) is 6.07 Å². The van der Waals surface area contributed by atoms with E-state index in [1.54, 1.807) is 6.92 Å². The zero-order valence-electron chi connectivity index (χ0n) is 11.8.